The van der Waals surface area contributed by atoms with E-state index in [1.807, 2.05) is 0 Å². The molecule has 74 valence electrons. The second kappa shape index (κ2) is 2.88. The lowest BCUT2D eigenvalue weighted by atomic mass is 10.5. The van der Waals surface area contributed by atoms with Crippen LogP contribution in [-0.2, 0) is 0 Å². The van der Waals surface area contributed by atoms with Gasteiger partial charge in [0, 0.05) is 0 Å². The van der Waals surface area contributed by atoms with Crippen molar-refractivity contribution >= 4 is 17.0 Å². The summed E-state index contributed by atoms with van der Waals surface area (Å²) in [5.74, 6) is 0.0203. The average Bonchev–Trinajstić information content (AvgIpc) is 2.47. The summed E-state index contributed by atoms with van der Waals surface area (Å²) in [6, 6.07) is 0. The summed E-state index contributed by atoms with van der Waals surface area (Å²) < 4.78 is 14.4. The van der Waals surface area contributed by atoms with E-state index in [0.717, 1.165) is 0 Å². The summed E-state index contributed by atoms with van der Waals surface area (Å²) in [5, 5.41) is 0. The Morgan fingerprint density at radius 1 is 1.50 bits per heavy atom. The van der Waals surface area contributed by atoms with Crippen LogP contribution in [0.3, 0.4) is 0 Å². The molecule has 0 saturated heterocycles. The molecule has 0 radical (unpaired) electrons. The molecular weight excluding hydrogens is 187 g/mol. The van der Waals surface area contributed by atoms with Crippen LogP contribution in [0.25, 0.3) is 11.2 Å². The van der Waals surface area contributed by atoms with Crippen LogP contribution in [0.5, 0.6) is 0 Å². The number of rotatable bonds is 1. The molecule has 0 aliphatic heterocycles. The molecule has 0 aliphatic rings. The Labute approximate surface area is 78.8 Å². The lowest BCUT2D eigenvalue weighted by Gasteiger charge is -2.06. The molecule has 2 aromatic rings. The Balaban J connectivity index is 2.78. The molecule has 0 amide bonds. The van der Waals surface area contributed by atoms with Gasteiger partial charge in [-0.1, -0.05) is 0 Å². The number of imidazole rings is 1. The molecule has 0 saturated carbocycles. The summed E-state index contributed by atoms with van der Waals surface area (Å²) in [4.78, 5) is 10.9. The standard InChI is InChI=1S/C7H9FN6/c1-3(9)14-2-11-4-5(10)12-7(8)13-6(4)14/h2-3H,9H2,1H3,(H2,10,12,13). The lowest BCUT2D eigenvalue weighted by molar-refractivity contribution is 0.534. The van der Waals surface area contributed by atoms with Crippen LogP contribution in [0.2, 0.25) is 0 Å². The molecule has 0 aromatic carbocycles. The minimum absolute atomic E-state index is 0.0203. The maximum absolute atomic E-state index is 12.8. The van der Waals surface area contributed by atoms with Crippen molar-refractivity contribution in [1.29, 1.82) is 0 Å². The predicted molar refractivity (Wildman–Crippen MR) is 48.6 cm³/mol. The van der Waals surface area contributed by atoms with Gasteiger partial charge in [0.1, 0.15) is 5.52 Å². The van der Waals surface area contributed by atoms with Gasteiger partial charge in [0.05, 0.1) is 12.5 Å². The SMILES string of the molecule is CC(N)n1cnc2c(N)nc(F)nc21. The van der Waals surface area contributed by atoms with Gasteiger partial charge in [-0.3, -0.25) is 4.57 Å². The van der Waals surface area contributed by atoms with Crippen LogP contribution in [0.4, 0.5) is 10.2 Å². The van der Waals surface area contributed by atoms with Crippen molar-refractivity contribution in [2.24, 2.45) is 5.73 Å². The van der Waals surface area contributed by atoms with E-state index in [1.54, 1.807) is 6.92 Å². The van der Waals surface area contributed by atoms with Gasteiger partial charge >= 0.3 is 6.08 Å². The molecule has 1 unspecified atom stereocenters. The Morgan fingerprint density at radius 3 is 2.86 bits per heavy atom. The van der Waals surface area contributed by atoms with E-state index in [9.17, 15) is 4.39 Å². The van der Waals surface area contributed by atoms with Crippen molar-refractivity contribution in [3.63, 3.8) is 0 Å². The number of hydrogen-bond donors (Lipinski definition) is 2. The minimum atomic E-state index is -0.877. The van der Waals surface area contributed by atoms with Gasteiger partial charge in [0.15, 0.2) is 11.5 Å². The number of aromatic nitrogens is 4. The van der Waals surface area contributed by atoms with Crippen molar-refractivity contribution in [2.75, 3.05) is 5.73 Å². The molecule has 0 bridgehead atoms. The second-order valence-corrected chi connectivity index (χ2v) is 2.94. The molecule has 0 aliphatic carbocycles. The minimum Gasteiger partial charge on any atom is -0.382 e. The highest BCUT2D eigenvalue weighted by atomic mass is 19.1. The molecule has 2 aromatic heterocycles. The summed E-state index contributed by atoms with van der Waals surface area (Å²) in [6.45, 7) is 1.73. The van der Waals surface area contributed by atoms with Gasteiger partial charge in [0.25, 0.3) is 0 Å². The van der Waals surface area contributed by atoms with Crippen molar-refractivity contribution in [3.8, 4) is 0 Å². The van der Waals surface area contributed by atoms with Crippen LogP contribution >= 0.6 is 0 Å². The molecule has 2 heterocycles. The molecule has 14 heavy (non-hydrogen) atoms. The molecule has 1 atom stereocenters. The van der Waals surface area contributed by atoms with Crippen molar-refractivity contribution in [3.05, 3.63) is 12.4 Å². The van der Waals surface area contributed by atoms with Crippen molar-refractivity contribution < 1.29 is 4.39 Å². The first-order valence-corrected chi connectivity index (χ1v) is 4.00. The number of hydrogen-bond acceptors (Lipinski definition) is 5. The third-order valence-corrected chi connectivity index (χ3v) is 1.86. The van der Waals surface area contributed by atoms with Crippen LogP contribution in [-0.4, -0.2) is 19.5 Å². The summed E-state index contributed by atoms with van der Waals surface area (Å²) in [6.07, 6.45) is 0.242. The molecule has 2 rings (SSSR count). The largest absolute Gasteiger partial charge is 0.382 e. The third kappa shape index (κ3) is 1.18. The van der Waals surface area contributed by atoms with Gasteiger partial charge in [0.2, 0.25) is 0 Å². The fraction of sp³-hybridized carbons (Fsp3) is 0.286. The number of fused-ring (bicyclic) bond motifs is 1. The Hall–Kier alpha value is -1.76. The molecule has 0 fully saturated rings. The zero-order valence-corrected chi connectivity index (χ0v) is 7.48. The zero-order valence-electron chi connectivity index (χ0n) is 7.48. The van der Waals surface area contributed by atoms with Crippen molar-refractivity contribution in [1.82, 2.24) is 19.5 Å². The number of nitrogen functional groups attached to an aromatic ring is 1. The maximum atomic E-state index is 12.8. The van der Waals surface area contributed by atoms with Crippen LogP contribution in [0.15, 0.2) is 6.33 Å². The topological polar surface area (TPSA) is 95.6 Å². The highest BCUT2D eigenvalue weighted by Gasteiger charge is 2.12. The summed E-state index contributed by atoms with van der Waals surface area (Å²) in [5.41, 5.74) is 11.8. The fourth-order valence-corrected chi connectivity index (χ4v) is 1.21. The van der Waals surface area contributed by atoms with E-state index in [2.05, 4.69) is 15.0 Å². The smallest absolute Gasteiger partial charge is 0.312 e. The Bertz CT molecular complexity index is 476. The number of nitrogens with zero attached hydrogens (tertiary/aromatic N) is 4. The summed E-state index contributed by atoms with van der Waals surface area (Å²) in [7, 11) is 0. The average molecular weight is 196 g/mol. The van der Waals surface area contributed by atoms with Crippen LogP contribution in [0.1, 0.15) is 13.1 Å². The Kier molecular flexibility index (Phi) is 1.81. The predicted octanol–water partition coefficient (Wildman–Crippen LogP) is 0.0248. The first-order chi connectivity index (χ1) is 6.59. The van der Waals surface area contributed by atoms with Gasteiger partial charge in [-0.05, 0) is 6.92 Å². The van der Waals surface area contributed by atoms with Gasteiger partial charge < -0.3 is 11.5 Å². The molecular formula is C7H9FN6. The lowest BCUT2D eigenvalue weighted by Crippen LogP contribution is -2.14. The third-order valence-electron chi connectivity index (χ3n) is 1.86. The van der Waals surface area contributed by atoms with E-state index in [-0.39, 0.29) is 12.0 Å². The fourth-order valence-electron chi connectivity index (χ4n) is 1.21. The monoisotopic (exact) mass is 196 g/mol. The van der Waals surface area contributed by atoms with Gasteiger partial charge in [-0.15, -0.1) is 0 Å². The first-order valence-electron chi connectivity index (χ1n) is 4.00. The highest BCUT2D eigenvalue weighted by molar-refractivity contribution is 5.81. The van der Waals surface area contributed by atoms with E-state index >= 15 is 0 Å². The van der Waals surface area contributed by atoms with E-state index in [4.69, 9.17) is 11.5 Å². The van der Waals surface area contributed by atoms with E-state index in [1.165, 1.54) is 10.9 Å². The van der Waals surface area contributed by atoms with Crippen LogP contribution in [0, 0.1) is 6.08 Å². The van der Waals surface area contributed by atoms with Gasteiger partial charge in [-0.25, -0.2) is 4.98 Å². The maximum Gasteiger partial charge on any atom is 0.312 e. The number of nitrogens with two attached hydrogens (primary N) is 2. The number of anilines is 1. The normalized spacial score (nSPS) is 13.4. The van der Waals surface area contributed by atoms with Gasteiger partial charge in [-0.2, -0.15) is 14.4 Å². The summed E-state index contributed by atoms with van der Waals surface area (Å²) >= 11 is 0. The second-order valence-electron chi connectivity index (χ2n) is 2.94. The highest BCUT2D eigenvalue weighted by Crippen LogP contribution is 2.17. The van der Waals surface area contributed by atoms with E-state index in [0.29, 0.717) is 11.2 Å². The molecule has 7 heteroatoms. The first kappa shape index (κ1) is 8.82. The van der Waals surface area contributed by atoms with Crippen LogP contribution < -0.4 is 11.5 Å². The molecule has 0 spiro atoms. The molecule has 6 nitrogen and oxygen atoms in total. The van der Waals surface area contributed by atoms with E-state index < -0.39 is 6.08 Å². The van der Waals surface area contributed by atoms with Crippen molar-refractivity contribution in [2.45, 2.75) is 13.1 Å². The Morgan fingerprint density at radius 2 is 2.21 bits per heavy atom. The quantitative estimate of drug-likeness (QED) is 0.627. The number of halogens is 1. The zero-order chi connectivity index (χ0) is 10.3. The molecule has 4 N–H and O–H groups in total.